The zero-order valence-electron chi connectivity index (χ0n) is 33.2. The Morgan fingerprint density at radius 3 is 1.80 bits per heavy atom. The number of tetrazole rings is 1. The van der Waals surface area contributed by atoms with Crippen LogP contribution in [0.15, 0.2) is 148 Å². The normalized spacial score (nSPS) is 11.9. The van der Waals surface area contributed by atoms with Gasteiger partial charge >= 0.3 is 0 Å². The van der Waals surface area contributed by atoms with Crippen molar-refractivity contribution in [3.05, 3.63) is 150 Å². The Labute approximate surface area is 356 Å². The molecule has 8 rings (SSSR count). The summed E-state index contributed by atoms with van der Waals surface area (Å²) in [7, 11) is -4.72. The predicted molar refractivity (Wildman–Crippen MR) is 233 cm³/mol. The highest BCUT2D eigenvalue weighted by atomic mass is 32.2. The summed E-state index contributed by atoms with van der Waals surface area (Å²) >= 11 is 1.27. The fraction of sp³-hybridized carbons (Fsp3) is 0.136. The maximum absolute atomic E-state index is 16.0. The number of nitrogen functional groups attached to an aromatic ring is 1. The minimum absolute atomic E-state index is 0.0773. The molecule has 0 amide bonds. The van der Waals surface area contributed by atoms with Crippen molar-refractivity contribution < 1.29 is 31.0 Å². The summed E-state index contributed by atoms with van der Waals surface area (Å²) in [6.07, 6.45) is 0. The molecule has 0 bridgehead atoms. The minimum Gasteiger partial charge on any atom is -0.497 e. The second-order valence-electron chi connectivity index (χ2n) is 13.8. The SMILES string of the molecule is COc1ccc(CN(Cc2ccc(OC)cc2)S(=O)(=O)c2c(S(=O)(=O)c3ccccc3)ccc(-c3cccc4sc(N)nc34)c2-c2nnn(Cc3ccc(OC)cc3)n2)cc1. The molecule has 61 heavy (non-hydrogen) atoms. The summed E-state index contributed by atoms with van der Waals surface area (Å²) in [5.41, 5.74) is 9.47. The molecule has 0 saturated carbocycles. The lowest BCUT2D eigenvalue weighted by Gasteiger charge is -2.26. The molecule has 310 valence electrons. The summed E-state index contributed by atoms with van der Waals surface area (Å²) in [6, 6.07) is 37.3. The minimum atomic E-state index is -4.85. The second kappa shape index (κ2) is 17.1. The quantitative estimate of drug-likeness (QED) is 0.107. The van der Waals surface area contributed by atoms with Gasteiger partial charge in [0.1, 0.15) is 22.1 Å². The highest BCUT2D eigenvalue weighted by Gasteiger charge is 2.38. The first-order valence-corrected chi connectivity index (χ1v) is 22.5. The first-order chi connectivity index (χ1) is 29.5. The molecule has 0 unspecified atom stereocenters. The molecule has 0 atom stereocenters. The third-order valence-electron chi connectivity index (χ3n) is 9.98. The third-order valence-corrected chi connectivity index (χ3v) is 14.7. The van der Waals surface area contributed by atoms with Gasteiger partial charge in [-0.15, -0.1) is 10.2 Å². The van der Waals surface area contributed by atoms with Crippen molar-refractivity contribution in [3.63, 3.8) is 0 Å². The molecule has 0 fully saturated rings. The van der Waals surface area contributed by atoms with Crippen molar-refractivity contribution >= 4 is 46.5 Å². The van der Waals surface area contributed by atoms with Crippen LogP contribution < -0.4 is 19.9 Å². The summed E-state index contributed by atoms with van der Waals surface area (Å²) in [4.78, 5) is 4.83. The molecule has 2 N–H and O–H groups in total. The lowest BCUT2D eigenvalue weighted by molar-refractivity contribution is 0.396. The molecule has 2 aromatic heterocycles. The Hall–Kier alpha value is -6.66. The number of sulfone groups is 1. The average Bonchev–Trinajstić information content (AvgIpc) is 3.92. The Kier molecular flexibility index (Phi) is 11.5. The average molecular weight is 874 g/mol. The smallest absolute Gasteiger partial charge is 0.245 e. The van der Waals surface area contributed by atoms with Crippen LogP contribution in [-0.2, 0) is 39.5 Å². The van der Waals surface area contributed by atoms with E-state index in [4.69, 9.17) is 25.0 Å². The van der Waals surface area contributed by atoms with Crippen molar-refractivity contribution in [2.45, 2.75) is 34.3 Å². The molecule has 0 radical (unpaired) electrons. The number of thiazole rings is 1. The van der Waals surface area contributed by atoms with E-state index in [0.717, 1.165) is 10.3 Å². The largest absolute Gasteiger partial charge is 0.497 e. The summed E-state index contributed by atoms with van der Waals surface area (Å²) in [5, 5.41) is 13.8. The van der Waals surface area contributed by atoms with Crippen molar-refractivity contribution in [1.82, 2.24) is 29.5 Å². The Balaban J connectivity index is 1.41. The van der Waals surface area contributed by atoms with Crippen molar-refractivity contribution in [3.8, 4) is 39.8 Å². The molecule has 8 aromatic rings. The molecule has 6 aromatic carbocycles. The zero-order valence-corrected chi connectivity index (χ0v) is 35.6. The number of aromatic nitrogens is 5. The number of benzene rings is 6. The molecular formula is C44H39N7O7S3. The van der Waals surface area contributed by atoms with E-state index in [2.05, 4.69) is 15.3 Å². The van der Waals surface area contributed by atoms with Gasteiger partial charge in [-0.3, -0.25) is 0 Å². The molecule has 14 nitrogen and oxygen atoms in total. The molecule has 2 heterocycles. The number of methoxy groups -OCH3 is 3. The van der Waals surface area contributed by atoms with Crippen LogP contribution in [0, 0.1) is 0 Å². The highest BCUT2D eigenvalue weighted by molar-refractivity contribution is 7.93. The number of nitrogens with two attached hydrogens (primary N) is 1. The maximum Gasteiger partial charge on any atom is 0.245 e. The number of nitrogens with zero attached hydrogens (tertiary/aromatic N) is 6. The van der Waals surface area contributed by atoms with E-state index in [1.54, 1.807) is 118 Å². The van der Waals surface area contributed by atoms with Crippen LogP contribution in [0.1, 0.15) is 16.7 Å². The fourth-order valence-electron chi connectivity index (χ4n) is 6.92. The topological polar surface area (TPSA) is 182 Å². The van der Waals surface area contributed by atoms with Gasteiger partial charge < -0.3 is 19.9 Å². The van der Waals surface area contributed by atoms with Gasteiger partial charge in [0.05, 0.1) is 53.4 Å². The van der Waals surface area contributed by atoms with E-state index < -0.39 is 29.7 Å². The van der Waals surface area contributed by atoms with Gasteiger partial charge in [-0.25, -0.2) is 21.8 Å². The van der Waals surface area contributed by atoms with E-state index >= 15 is 8.42 Å². The first-order valence-electron chi connectivity index (χ1n) is 18.8. The molecular weight excluding hydrogens is 835 g/mol. The van der Waals surface area contributed by atoms with Crippen LogP contribution in [0.5, 0.6) is 17.2 Å². The van der Waals surface area contributed by atoms with E-state index in [1.165, 1.54) is 38.6 Å². The van der Waals surface area contributed by atoms with Gasteiger partial charge in [0, 0.05) is 18.7 Å². The number of rotatable bonds is 15. The Bertz CT molecular complexity index is 3000. The number of fused-ring (bicyclic) bond motifs is 1. The summed E-state index contributed by atoms with van der Waals surface area (Å²) in [5.74, 6) is 1.71. The van der Waals surface area contributed by atoms with Gasteiger partial charge in [-0.2, -0.15) is 9.10 Å². The molecule has 0 aliphatic carbocycles. The van der Waals surface area contributed by atoms with Gasteiger partial charge in [-0.1, -0.05) is 84.1 Å². The number of hydrogen-bond acceptors (Lipinski definition) is 13. The first kappa shape index (κ1) is 41.1. The summed E-state index contributed by atoms with van der Waals surface area (Å²) < 4.78 is 79.8. The fourth-order valence-corrected chi connectivity index (χ4v) is 11.4. The van der Waals surface area contributed by atoms with Crippen LogP contribution in [0.25, 0.3) is 32.7 Å². The number of hydrogen-bond donors (Lipinski definition) is 1. The number of sulfonamides is 1. The number of para-hydroxylation sites is 1. The van der Waals surface area contributed by atoms with Gasteiger partial charge in [0.25, 0.3) is 0 Å². The van der Waals surface area contributed by atoms with Crippen molar-refractivity contribution in [2.24, 2.45) is 0 Å². The van der Waals surface area contributed by atoms with Crippen LogP contribution in [-0.4, -0.2) is 67.7 Å². The molecule has 17 heteroatoms. The number of ether oxygens (including phenoxy) is 3. The van der Waals surface area contributed by atoms with Crippen LogP contribution in [0.3, 0.4) is 0 Å². The monoisotopic (exact) mass is 873 g/mol. The lowest BCUT2D eigenvalue weighted by atomic mass is 9.98. The van der Waals surface area contributed by atoms with Gasteiger partial charge in [0.2, 0.25) is 25.7 Å². The van der Waals surface area contributed by atoms with E-state index in [-0.39, 0.29) is 35.9 Å². The van der Waals surface area contributed by atoms with E-state index in [1.807, 2.05) is 18.2 Å². The number of anilines is 1. The Morgan fingerprint density at radius 1 is 0.656 bits per heavy atom. The van der Waals surface area contributed by atoms with Crippen LogP contribution >= 0.6 is 11.3 Å². The molecule has 0 aliphatic heterocycles. The standard InChI is InChI=1S/C44H39N7O7S3/c1-56-32-18-12-29(13-19-32)26-50(27-30-14-20-33(57-2)21-15-30)61(54,55)42-39(60(52,53)35-8-5-4-6-9-35)25-24-36(37-10-7-11-38-41(37)46-44(45)59-38)40(42)43-47-49-51(48-43)28-31-16-22-34(58-3)23-17-31/h4-25H,26-28H2,1-3H3,(H2,45,46). The van der Waals surface area contributed by atoms with Crippen LogP contribution in [0.4, 0.5) is 5.13 Å². The van der Waals surface area contributed by atoms with Crippen LogP contribution in [0.2, 0.25) is 0 Å². The Morgan fingerprint density at radius 2 is 1.23 bits per heavy atom. The lowest BCUT2D eigenvalue weighted by Crippen LogP contribution is -2.32. The maximum atomic E-state index is 16.0. The van der Waals surface area contributed by atoms with Gasteiger partial charge in [-0.05, 0) is 88.1 Å². The highest BCUT2D eigenvalue weighted by Crippen LogP contribution is 2.45. The molecule has 0 aliphatic rings. The van der Waals surface area contributed by atoms with Crippen molar-refractivity contribution in [1.29, 1.82) is 0 Å². The van der Waals surface area contributed by atoms with Crippen molar-refractivity contribution in [2.75, 3.05) is 27.1 Å². The second-order valence-corrected chi connectivity index (χ2v) is 18.7. The predicted octanol–water partition coefficient (Wildman–Crippen LogP) is 7.50. The molecule has 0 saturated heterocycles. The third kappa shape index (κ3) is 8.40. The molecule has 0 spiro atoms. The summed E-state index contributed by atoms with van der Waals surface area (Å²) in [6.45, 7) is -0.138. The zero-order chi connectivity index (χ0) is 42.7. The van der Waals surface area contributed by atoms with E-state index in [9.17, 15) is 8.42 Å². The van der Waals surface area contributed by atoms with E-state index in [0.29, 0.717) is 50.2 Å². The van der Waals surface area contributed by atoms with Gasteiger partial charge in [0.15, 0.2) is 5.13 Å².